The molecule has 0 spiro atoms. The van der Waals surface area contributed by atoms with Gasteiger partial charge >= 0.3 is 0 Å². The van der Waals surface area contributed by atoms with Crippen molar-refractivity contribution in [3.8, 4) is 5.75 Å². The van der Waals surface area contributed by atoms with Crippen LogP contribution in [0.4, 0.5) is 0 Å². The van der Waals surface area contributed by atoms with Gasteiger partial charge in [0.25, 0.3) is 0 Å². The predicted octanol–water partition coefficient (Wildman–Crippen LogP) is 8.58. The first-order valence-corrected chi connectivity index (χ1v) is 14.6. The van der Waals surface area contributed by atoms with Crippen LogP contribution in [-0.4, -0.2) is 19.3 Å². The van der Waals surface area contributed by atoms with E-state index in [2.05, 4.69) is 6.92 Å². The summed E-state index contributed by atoms with van der Waals surface area (Å²) in [5.41, 5.74) is 0. The van der Waals surface area contributed by atoms with E-state index in [1.165, 1.54) is 83.5 Å². The molecule has 0 unspecified atom stereocenters. The standard InChI is InChI=1S/C28H44O3S/c1-2-3-4-5-6-7-8-9-10-11-12-13-14-15-16-19-22-32(30,31)28-24-26-21-18-17-20-25(26)23-27(28)29/h17-18,20-21,23-24,29H,2-16,19,22H2,1H3. The molecule has 3 nitrogen and oxygen atoms in total. The molecule has 0 saturated heterocycles. The van der Waals surface area contributed by atoms with Gasteiger partial charge in [0.2, 0.25) is 0 Å². The SMILES string of the molecule is CCCCCCCCCCCCCCCCCCS(=O)(=O)c1cc2ccccc2cc1O. The smallest absolute Gasteiger partial charge is 0.182 e. The van der Waals surface area contributed by atoms with Gasteiger partial charge < -0.3 is 5.11 Å². The third-order valence-electron chi connectivity index (χ3n) is 6.43. The first-order chi connectivity index (χ1) is 15.5. The lowest BCUT2D eigenvalue weighted by Gasteiger charge is -2.09. The molecule has 0 amide bonds. The van der Waals surface area contributed by atoms with E-state index in [9.17, 15) is 13.5 Å². The van der Waals surface area contributed by atoms with Crippen LogP contribution in [0, 0.1) is 0 Å². The fourth-order valence-electron chi connectivity index (χ4n) is 4.41. The molecule has 0 aromatic heterocycles. The van der Waals surface area contributed by atoms with Crippen LogP contribution in [0.1, 0.15) is 110 Å². The summed E-state index contributed by atoms with van der Waals surface area (Å²) >= 11 is 0. The van der Waals surface area contributed by atoms with E-state index < -0.39 is 9.84 Å². The highest BCUT2D eigenvalue weighted by molar-refractivity contribution is 7.91. The third kappa shape index (κ3) is 9.94. The number of fused-ring (bicyclic) bond motifs is 1. The molecule has 1 N–H and O–H groups in total. The lowest BCUT2D eigenvalue weighted by Crippen LogP contribution is -2.07. The molecule has 2 aromatic rings. The Bertz CT molecular complexity index is 873. The quantitative estimate of drug-likeness (QED) is 0.227. The highest BCUT2D eigenvalue weighted by atomic mass is 32.2. The number of rotatable bonds is 18. The van der Waals surface area contributed by atoms with Gasteiger partial charge in [0.15, 0.2) is 9.84 Å². The molecule has 4 heteroatoms. The van der Waals surface area contributed by atoms with Gasteiger partial charge in [-0.05, 0) is 29.3 Å². The summed E-state index contributed by atoms with van der Waals surface area (Å²) in [6.45, 7) is 2.27. The molecule has 2 aromatic carbocycles. The summed E-state index contributed by atoms with van der Waals surface area (Å²) < 4.78 is 25.4. The first kappa shape index (κ1) is 26.7. The van der Waals surface area contributed by atoms with Gasteiger partial charge in [0, 0.05) is 0 Å². The van der Waals surface area contributed by atoms with Gasteiger partial charge in [-0.15, -0.1) is 0 Å². The highest BCUT2D eigenvalue weighted by Crippen LogP contribution is 2.30. The maximum absolute atomic E-state index is 12.7. The molecule has 0 aliphatic heterocycles. The Morgan fingerprint density at radius 2 is 1.03 bits per heavy atom. The third-order valence-corrected chi connectivity index (χ3v) is 8.25. The fourth-order valence-corrected chi connectivity index (χ4v) is 5.89. The molecule has 0 aliphatic carbocycles. The minimum atomic E-state index is -3.45. The second-order valence-electron chi connectivity index (χ2n) is 9.29. The van der Waals surface area contributed by atoms with Crippen molar-refractivity contribution in [2.75, 3.05) is 5.75 Å². The number of benzene rings is 2. The van der Waals surface area contributed by atoms with Crippen molar-refractivity contribution in [3.05, 3.63) is 36.4 Å². The monoisotopic (exact) mass is 460 g/mol. The fraction of sp³-hybridized carbons (Fsp3) is 0.643. The van der Waals surface area contributed by atoms with Crippen LogP contribution in [0.2, 0.25) is 0 Å². The topological polar surface area (TPSA) is 54.4 Å². The number of phenolic OH excluding ortho intramolecular Hbond substituents is 1. The normalized spacial score (nSPS) is 11.9. The zero-order valence-corrected chi connectivity index (χ0v) is 21.0. The average molecular weight is 461 g/mol. The molecule has 0 heterocycles. The van der Waals surface area contributed by atoms with E-state index in [4.69, 9.17) is 0 Å². The maximum Gasteiger partial charge on any atom is 0.182 e. The molecule has 2 rings (SSSR count). The minimum absolute atomic E-state index is 0.0668. The van der Waals surface area contributed by atoms with Crippen LogP contribution < -0.4 is 0 Å². The maximum atomic E-state index is 12.7. The molecule has 0 saturated carbocycles. The van der Waals surface area contributed by atoms with Gasteiger partial charge in [-0.2, -0.15) is 0 Å². The van der Waals surface area contributed by atoms with Crippen molar-refractivity contribution in [2.45, 2.75) is 115 Å². The average Bonchev–Trinajstić information content (AvgIpc) is 2.78. The Morgan fingerprint density at radius 1 is 0.625 bits per heavy atom. The highest BCUT2D eigenvalue weighted by Gasteiger charge is 2.19. The summed E-state index contributed by atoms with van der Waals surface area (Å²) in [4.78, 5) is 0.0668. The number of sulfone groups is 1. The van der Waals surface area contributed by atoms with Crippen LogP contribution in [-0.2, 0) is 9.84 Å². The predicted molar refractivity (Wildman–Crippen MR) is 137 cm³/mol. The number of hydrogen-bond acceptors (Lipinski definition) is 3. The Kier molecular flexibility index (Phi) is 12.8. The van der Waals surface area contributed by atoms with Crippen molar-refractivity contribution >= 4 is 20.6 Å². The van der Waals surface area contributed by atoms with E-state index in [0.29, 0.717) is 6.42 Å². The zero-order chi connectivity index (χ0) is 23.1. The summed E-state index contributed by atoms with van der Waals surface area (Å²) in [6, 6.07) is 10.7. The second-order valence-corrected chi connectivity index (χ2v) is 11.4. The molecule has 0 radical (unpaired) electrons. The molecule has 0 bridgehead atoms. The summed E-state index contributed by atoms with van der Waals surface area (Å²) in [7, 11) is -3.45. The number of phenols is 1. The number of unbranched alkanes of at least 4 members (excludes halogenated alkanes) is 15. The van der Waals surface area contributed by atoms with Gasteiger partial charge in [0.05, 0.1) is 5.75 Å². The number of hydrogen-bond donors (Lipinski definition) is 1. The molecule has 0 fully saturated rings. The largest absolute Gasteiger partial charge is 0.507 e. The molecule has 0 atom stereocenters. The lowest BCUT2D eigenvalue weighted by molar-refractivity contribution is 0.459. The van der Waals surface area contributed by atoms with Crippen LogP contribution >= 0.6 is 0 Å². The molecule has 0 aliphatic rings. The van der Waals surface area contributed by atoms with Crippen molar-refractivity contribution in [3.63, 3.8) is 0 Å². The Balaban J connectivity index is 1.50. The van der Waals surface area contributed by atoms with Crippen molar-refractivity contribution < 1.29 is 13.5 Å². The van der Waals surface area contributed by atoms with Gasteiger partial charge in [-0.3, -0.25) is 0 Å². The van der Waals surface area contributed by atoms with Crippen molar-refractivity contribution in [2.24, 2.45) is 0 Å². The van der Waals surface area contributed by atoms with Crippen LogP contribution in [0.3, 0.4) is 0 Å². The molecular formula is C28H44O3S. The van der Waals surface area contributed by atoms with Gasteiger partial charge in [-0.1, -0.05) is 128 Å². The van der Waals surface area contributed by atoms with Crippen molar-refractivity contribution in [1.29, 1.82) is 0 Å². The minimum Gasteiger partial charge on any atom is -0.507 e. The molecule has 180 valence electrons. The zero-order valence-electron chi connectivity index (χ0n) is 20.2. The van der Waals surface area contributed by atoms with E-state index >= 15 is 0 Å². The summed E-state index contributed by atoms with van der Waals surface area (Å²) in [5.74, 6) is -0.0302. The Morgan fingerprint density at radius 3 is 1.50 bits per heavy atom. The van der Waals surface area contributed by atoms with Gasteiger partial charge in [-0.25, -0.2) is 8.42 Å². The van der Waals surface area contributed by atoms with E-state index in [0.717, 1.165) is 23.6 Å². The van der Waals surface area contributed by atoms with Crippen LogP contribution in [0.25, 0.3) is 10.8 Å². The lowest BCUT2D eigenvalue weighted by atomic mass is 10.0. The second kappa shape index (κ2) is 15.3. The summed E-state index contributed by atoms with van der Waals surface area (Å²) in [6.07, 6.45) is 20.3. The Labute approximate surface area is 196 Å². The van der Waals surface area contributed by atoms with E-state index in [-0.39, 0.29) is 16.4 Å². The van der Waals surface area contributed by atoms with E-state index in [1.54, 1.807) is 12.1 Å². The van der Waals surface area contributed by atoms with Crippen LogP contribution in [0.5, 0.6) is 5.75 Å². The molecular weight excluding hydrogens is 416 g/mol. The first-order valence-electron chi connectivity index (χ1n) is 13.0. The summed E-state index contributed by atoms with van der Waals surface area (Å²) in [5, 5.41) is 11.9. The molecule has 32 heavy (non-hydrogen) atoms. The van der Waals surface area contributed by atoms with Crippen molar-refractivity contribution in [1.82, 2.24) is 0 Å². The van der Waals surface area contributed by atoms with E-state index in [1.807, 2.05) is 24.3 Å². The van der Waals surface area contributed by atoms with Gasteiger partial charge in [0.1, 0.15) is 10.6 Å². The number of aromatic hydroxyl groups is 1. The van der Waals surface area contributed by atoms with Crippen LogP contribution in [0.15, 0.2) is 41.3 Å². The Hall–Kier alpha value is -1.55.